The van der Waals surface area contributed by atoms with Gasteiger partial charge in [-0.1, -0.05) is 79.5 Å². The van der Waals surface area contributed by atoms with Crippen LogP contribution in [0.4, 0.5) is 0 Å². The summed E-state index contributed by atoms with van der Waals surface area (Å²) in [5.74, 6) is 0.834. The summed E-state index contributed by atoms with van der Waals surface area (Å²) >= 11 is 12.4. The van der Waals surface area contributed by atoms with E-state index in [0.29, 0.717) is 34.7 Å². The molecular weight excluding hydrogens is 517 g/mol. The molecule has 1 fully saturated rings. The Morgan fingerprint density at radius 1 is 1.03 bits per heavy atom. The normalized spacial score (nSPS) is 16.8. The summed E-state index contributed by atoms with van der Waals surface area (Å²) in [4.78, 5) is 14.9. The Balaban J connectivity index is 1.49. The van der Waals surface area contributed by atoms with Gasteiger partial charge in [-0.2, -0.15) is 0 Å². The molecule has 1 atom stereocenters. The second kappa shape index (κ2) is 11.2. The average molecular weight is 547 g/mol. The molecule has 1 aliphatic rings. The van der Waals surface area contributed by atoms with Gasteiger partial charge in [0.05, 0.1) is 11.5 Å². The number of benzene rings is 3. The first-order chi connectivity index (χ1) is 17.1. The van der Waals surface area contributed by atoms with Gasteiger partial charge < -0.3 is 9.64 Å². The minimum Gasteiger partial charge on any atom is -0.484 e. The first kappa shape index (κ1) is 26.5. The molecule has 1 heterocycles. The largest absolute Gasteiger partial charge is 0.484 e. The van der Waals surface area contributed by atoms with Crippen molar-refractivity contribution in [3.8, 4) is 16.9 Å². The first-order valence-electron chi connectivity index (χ1n) is 11.9. The first-order valence-corrected chi connectivity index (χ1v) is 14.5. The number of carbonyl (C=O) groups is 1. The highest BCUT2D eigenvalue weighted by molar-refractivity contribution is 7.91. The van der Waals surface area contributed by atoms with E-state index in [1.54, 1.807) is 17.0 Å². The molecule has 3 aromatic rings. The molecule has 36 heavy (non-hydrogen) atoms. The number of sulfone groups is 1. The van der Waals surface area contributed by atoms with E-state index in [2.05, 4.69) is 13.8 Å². The molecule has 0 saturated carbocycles. The van der Waals surface area contributed by atoms with E-state index in [0.717, 1.165) is 16.7 Å². The second-order valence-electron chi connectivity index (χ2n) is 9.41. The molecule has 1 aliphatic heterocycles. The zero-order chi connectivity index (χ0) is 25.9. The van der Waals surface area contributed by atoms with Gasteiger partial charge in [0.1, 0.15) is 5.75 Å². The van der Waals surface area contributed by atoms with Gasteiger partial charge in [-0.15, -0.1) is 0 Å². The van der Waals surface area contributed by atoms with Crippen molar-refractivity contribution >= 4 is 38.9 Å². The summed E-state index contributed by atoms with van der Waals surface area (Å²) in [5, 5.41) is 1.13. The van der Waals surface area contributed by atoms with Gasteiger partial charge in [0.25, 0.3) is 5.91 Å². The van der Waals surface area contributed by atoms with Crippen molar-refractivity contribution in [2.75, 3.05) is 18.1 Å². The lowest BCUT2D eigenvalue weighted by Crippen LogP contribution is -2.43. The number of hydrogen-bond donors (Lipinski definition) is 0. The van der Waals surface area contributed by atoms with Gasteiger partial charge in [0, 0.05) is 28.2 Å². The molecule has 0 spiro atoms. The van der Waals surface area contributed by atoms with Crippen molar-refractivity contribution in [1.82, 2.24) is 4.90 Å². The third-order valence-corrected chi connectivity index (χ3v) is 8.73. The third-order valence-electron chi connectivity index (χ3n) is 6.43. The highest BCUT2D eigenvalue weighted by Gasteiger charge is 2.34. The fourth-order valence-corrected chi connectivity index (χ4v) is 6.58. The van der Waals surface area contributed by atoms with E-state index in [9.17, 15) is 13.2 Å². The number of hydrogen-bond acceptors (Lipinski definition) is 4. The Kier molecular flexibility index (Phi) is 8.28. The molecule has 4 rings (SSSR count). The van der Waals surface area contributed by atoms with Gasteiger partial charge in [0.15, 0.2) is 16.4 Å². The maximum atomic E-state index is 13.2. The molecule has 0 bridgehead atoms. The van der Waals surface area contributed by atoms with Gasteiger partial charge in [-0.05, 0) is 53.3 Å². The number of nitrogens with zero attached hydrogens (tertiary/aromatic N) is 1. The monoisotopic (exact) mass is 545 g/mol. The molecule has 0 N–H and O–H groups in total. The Morgan fingerprint density at radius 2 is 1.72 bits per heavy atom. The molecule has 190 valence electrons. The molecule has 1 saturated heterocycles. The van der Waals surface area contributed by atoms with Crippen molar-refractivity contribution in [1.29, 1.82) is 0 Å². The van der Waals surface area contributed by atoms with Crippen LogP contribution in [-0.4, -0.2) is 43.4 Å². The van der Waals surface area contributed by atoms with E-state index in [-0.39, 0.29) is 30.1 Å². The molecule has 8 heteroatoms. The highest BCUT2D eigenvalue weighted by Crippen LogP contribution is 2.31. The van der Waals surface area contributed by atoms with Crippen LogP contribution < -0.4 is 4.74 Å². The number of amides is 1. The van der Waals surface area contributed by atoms with E-state index in [1.807, 2.05) is 54.6 Å². The lowest BCUT2D eigenvalue weighted by atomic mass is 10.0. The van der Waals surface area contributed by atoms with Crippen molar-refractivity contribution in [2.45, 2.75) is 38.8 Å². The van der Waals surface area contributed by atoms with Crippen LogP contribution in [0.25, 0.3) is 11.1 Å². The smallest absolute Gasteiger partial charge is 0.261 e. The predicted octanol–water partition coefficient (Wildman–Crippen LogP) is 6.38. The molecule has 0 aliphatic carbocycles. The van der Waals surface area contributed by atoms with Crippen LogP contribution in [0.5, 0.6) is 5.75 Å². The third kappa shape index (κ3) is 6.61. The van der Waals surface area contributed by atoms with Gasteiger partial charge >= 0.3 is 0 Å². The quantitative estimate of drug-likeness (QED) is 0.329. The van der Waals surface area contributed by atoms with E-state index < -0.39 is 9.84 Å². The Labute approximate surface area is 222 Å². The number of carbonyl (C=O) groups excluding carboxylic acids is 1. The summed E-state index contributed by atoms with van der Waals surface area (Å²) in [6.45, 7) is 4.37. The maximum Gasteiger partial charge on any atom is 0.261 e. The fraction of sp³-hybridized carbons (Fsp3) is 0.321. The molecule has 5 nitrogen and oxygen atoms in total. The van der Waals surface area contributed by atoms with Crippen LogP contribution in [0.2, 0.25) is 10.0 Å². The maximum absolute atomic E-state index is 13.2. The number of rotatable bonds is 8. The summed E-state index contributed by atoms with van der Waals surface area (Å²) in [6.07, 6.45) is 0.426. The summed E-state index contributed by atoms with van der Waals surface area (Å²) in [6, 6.07) is 20.4. The zero-order valence-corrected chi connectivity index (χ0v) is 22.6. The van der Waals surface area contributed by atoms with Crippen molar-refractivity contribution in [2.24, 2.45) is 0 Å². The molecule has 0 aromatic heterocycles. The van der Waals surface area contributed by atoms with Crippen LogP contribution in [0.15, 0.2) is 66.7 Å². The van der Waals surface area contributed by atoms with E-state index >= 15 is 0 Å². The van der Waals surface area contributed by atoms with Crippen molar-refractivity contribution in [3.63, 3.8) is 0 Å². The minimum absolute atomic E-state index is 0.0275. The zero-order valence-electron chi connectivity index (χ0n) is 20.3. The van der Waals surface area contributed by atoms with Gasteiger partial charge in [-0.25, -0.2) is 8.42 Å². The molecule has 1 amide bonds. The Hall–Kier alpha value is -2.54. The Morgan fingerprint density at radius 3 is 2.31 bits per heavy atom. The predicted molar refractivity (Wildman–Crippen MR) is 146 cm³/mol. The average Bonchev–Trinajstić information content (AvgIpc) is 3.21. The second-order valence-corrected chi connectivity index (χ2v) is 12.5. The molecule has 0 radical (unpaired) electrons. The highest BCUT2D eigenvalue weighted by atomic mass is 35.5. The van der Waals surface area contributed by atoms with Crippen LogP contribution in [-0.2, 0) is 21.2 Å². The van der Waals surface area contributed by atoms with Gasteiger partial charge in [0.2, 0.25) is 0 Å². The summed E-state index contributed by atoms with van der Waals surface area (Å²) < 4.78 is 30.1. The van der Waals surface area contributed by atoms with Crippen molar-refractivity contribution < 1.29 is 17.9 Å². The fourth-order valence-electron chi connectivity index (χ4n) is 4.33. The Bertz CT molecular complexity index is 1320. The van der Waals surface area contributed by atoms with Gasteiger partial charge in [-0.3, -0.25) is 4.79 Å². The summed E-state index contributed by atoms with van der Waals surface area (Å²) in [5.41, 5.74) is 3.87. The number of halogens is 2. The lowest BCUT2D eigenvalue weighted by molar-refractivity contribution is -0.136. The molecular formula is C28H29Cl2NO4S. The van der Waals surface area contributed by atoms with Crippen LogP contribution in [0.1, 0.15) is 37.3 Å². The summed E-state index contributed by atoms with van der Waals surface area (Å²) in [7, 11) is -3.16. The topological polar surface area (TPSA) is 63.7 Å². The van der Waals surface area contributed by atoms with Crippen LogP contribution in [0, 0.1) is 0 Å². The number of ether oxygens (including phenoxy) is 1. The van der Waals surface area contributed by atoms with Crippen LogP contribution >= 0.6 is 23.2 Å². The SMILES string of the molecule is CC(C)c1ccc(OCC(=O)N(Cc2ccc(-c3ccc(Cl)cc3Cl)cc2)C2CCS(=O)(=O)C2)cc1. The van der Waals surface area contributed by atoms with E-state index in [1.165, 1.54) is 5.56 Å². The molecule has 3 aromatic carbocycles. The minimum atomic E-state index is -3.16. The molecule has 1 unspecified atom stereocenters. The van der Waals surface area contributed by atoms with Crippen molar-refractivity contribution in [3.05, 3.63) is 87.9 Å². The van der Waals surface area contributed by atoms with Crippen LogP contribution in [0.3, 0.4) is 0 Å². The van der Waals surface area contributed by atoms with E-state index in [4.69, 9.17) is 27.9 Å². The standard InChI is InChI=1S/C28H29Cl2NO4S/c1-19(2)21-7-10-25(11-8-21)35-17-28(32)31(24-13-14-36(33,34)18-24)16-20-3-5-22(6-4-20)26-12-9-23(29)15-27(26)30/h3-12,15,19,24H,13-14,16-18H2,1-2H3. The lowest BCUT2D eigenvalue weighted by Gasteiger charge is -2.28.